The third kappa shape index (κ3) is 5.07. The number of hydrogen-bond acceptors (Lipinski definition) is 3. The van der Waals surface area contributed by atoms with Crippen LogP contribution in [-0.4, -0.2) is 22.9 Å². The Labute approximate surface area is 187 Å². The molecule has 2 aromatic rings. The first-order valence-electron chi connectivity index (χ1n) is 10.2. The summed E-state index contributed by atoms with van der Waals surface area (Å²) in [5.74, 6) is -4.96. The second-order valence-electron chi connectivity index (χ2n) is 7.99. The predicted octanol–water partition coefficient (Wildman–Crippen LogP) is 5.73. The predicted molar refractivity (Wildman–Crippen MR) is 110 cm³/mol. The molecule has 0 bridgehead atoms. The van der Waals surface area contributed by atoms with Crippen molar-refractivity contribution >= 4 is 11.9 Å². The molecule has 1 heterocycles. The fourth-order valence-electron chi connectivity index (χ4n) is 3.91. The lowest BCUT2D eigenvalue weighted by molar-refractivity contribution is -0.145. The van der Waals surface area contributed by atoms with Gasteiger partial charge in [-0.05, 0) is 38.5 Å². The zero-order valence-corrected chi connectivity index (χ0v) is 18.2. The van der Waals surface area contributed by atoms with E-state index in [4.69, 9.17) is 4.74 Å². The average molecular weight is 467 g/mol. The molecule has 9 heteroatoms. The summed E-state index contributed by atoms with van der Waals surface area (Å²) < 4.78 is 74.2. The molecule has 4 nitrogen and oxygen atoms in total. The fourth-order valence-corrected chi connectivity index (χ4v) is 3.91. The van der Waals surface area contributed by atoms with Crippen LogP contribution in [0.1, 0.15) is 49.8 Å². The van der Waals surface area contributed by atoms with E-state index < -0.39 is 53.7 Å². The highest BCUT2D eigenvalue weighted by Crippen LogP contribution is 2.43. The maximum absolute atomic E-state index is 14.2. The molecule has 1 aliphatic heterocycles. The number of hydrogen-bond donors (Lipinski definition) is 0. The maximum Gasteiger partial charge on any atom is 0.416 e. The van der Waals surface area contributed by atoms with Crippen molar-refractivity contribution in [2.45, 2.75) is 51.9 Å². The monoisotopic (exact) mass is 467 g/mol. The number of esters is 1. The van der Waals surface area contributed by atoms with Crippen LogP contribution < -0.4 is 0 Å². The molecule has 1 atom stereocenters. The molecule has 3 rings (SSSR count). The van der Waals surface area contributed by atoms with Gasteiger partial charge < -0.3 is 9.64 Å². The Morgan fingerprint density at radius 3 is 2.42 bits per heavy atom. The van der Waals surface area contributed by atoms with Crippen LogP contribution in [0.3, 0.4) is 0 Å². The summed E-state index contributed by atoms with van der Waals surface area (Å²) in [4.78, 5) is 27.0. The van der Waals surface area contributed by atoms with Crippen molar-refractivity contribution < 1.29 is 36.3 Å². The van der Waals surface area contributed by atoms with Crippen LogP contribution in [0.25, 0.3) is 0 Å². The summed E-state index contributed by atoms with van der Waals surface area (Å²) >= 11 is 0. The number of alkyl halides is 3. The molecule has 1 amide bonds. The van der Waals surface area contributed by atoms with Gasteiger partial charge in [0.25, 0.3) is 0 Å². The Morgan fingerprint density at radius 2 is 1.79 bits per heavy atom. The summed E-state index contributed by atoms with van der Waals surface area (Å²) in [5, 5.41) is 0. The number of allylic oxidation sites excluding steroid dienone is 1. The van der Waals surface area contributed by atoms with E-state index in [2.05, 4.69) is 0 Å². The van der Waals surface area contributed by atoms with Gasteiger partial charge in [0, 0.05) is 23.6 Å². The summed E-state index contributed by atoms with van der Waals surface area (Å²) in [6.45, 7) is 4.16. The average Bonchev–Trinajstić information content (AvgIpc) is 2.72. The molecule has 0 fully saturated rings. The Balaban J connectivity index is 2.14. The van der Waals surface area contributed by atoms with Crippen molar-refractivity contribution in [3.8, 4) is 0 Å². The highest BCUT2D eigenvalue weighted by Gasteiger charge is 2.42. The van der Waals surface area contributed by atoms with Crippen LogP contribution in [0, 0.1) is 11.6 Å². The van der Waals surface area contributed by atoms with Crippen LogP contribution >= 0.6 is 0 Å². The van der Waals surface area contributed by atoms with Gasteiger partial charge in [0.2, 0.25) is 5.91 Å². The number of ether oxygens (including phenoxy) is 1. The first-order chi connectivity index (χ1) is 15.4. The van der Waals surface area contributed by atoms with Crippen molar-refractivity contribution in [2.75, 3.05) is 0 Å². The van der Waals surface area contributed by atoms with Crippen LogP contribution in [0.4, 0.5) is 22.0 Å². The van der Waals surface area contributed by atoms with Gasteiger partial charge in [0.05, 0.1) is 23.8 Å². The minimum absolute atomic E-state index is 0.0301. The number of carbonyl (C=O) groups is 2. The van der Waals surface area contributed by atoms with E-state index in [1.807, 2.05) is 0 Å². The lowest BCUT2D eigenvalue weighted by atomic mass is 9.81. The van der Waals surface area contributed by atoms with E-state index in [0.717, 1.165) is 17.0 Å². The quantitative estimate of drug-likeness (QED) is 0.417. The Bertz CT molecular complexity index is 1110. The van der Waals surface area contributed by atoms with Gasteiger partial charge in [0.15, 0.2) is 11.6 Å². The summed E-state index contributed by atoms with van der Waals surface area (Å²) in [7, 11) is 0. The molecule has 176 valence electrons. The molecule has 33 heavy (non-hydrogen) atoms. The summed E-state index contributed by atoms with van der Waals surface area (Å²) in [5.41, 5.74) is -1.42. The number of benzene rings is 2. The molecule has 0 N–H and O–H groups in total. The molecule has 0 radical (unpaired) electrons. The zero-order valence-electron chi connectivity index (χ0n) is 18.2. The molecule has 1 aliphatic rings. The third-order valence-electron chi connectivity index (χ3n) is 5.39. The molecule has 2 aromatic carbocycles. The largest absolute Gasteiger partial charge is 0.460 e. The van der Waals surface area contributed by atoms with Crippen molar-refractivity contribution in [3.63, 3.8) is 0 Å². The van der Waals surface area contributed by atoms with Crippen molar-refractivity contribution in [2.24, 2.45) is 0 Å². The van der Waals surface area contributed by atoms with E-state index in [1.165, 1.54) is 37.3 Å². The third-order valence-corrected chi connectivity index (χ3v) is 5.39. The van der Waals surface area contributed by atoms with Gasteiger partial charge >= 0.3 is 12.1 Å². The van der Waals surface area contributed by atoms with Gasteiger partial charge in [-0.3, -0.25) is 4.79 Å². The van der Waals surface area contributed by atoms with Gasteiger partial charge in [-0.1, -0.05) is 30.3 Å². The molecular weight excluding hydrogens is 445 g/mol. The lowest BCUT2D eigenvalue weighted by Gasteiger charge is -2.35. The first kappa shape index (κ1) is 24.4. The second kappa shape index (κ2) is 9.33. The number of rotatable bonds is 5. The summed E-state index contributed by atoms with van der Waals surface area (Å²) in [6, 6.07) is 8.21. The van der Waals surface area contributed by atoms with Crippen LogP contribution in [-0.2, 0) is 27.0 Å². The van der Waals surface area contributed by atoms with Gasteiger partial charge in [-0.25, -0.2) is 13.6 Å². The number of amides is 1. The molecule has 0 spiro atoms. The molecule has 0 aliphatic carbocycles. The van der Waals surface area contributed by atoms with Crippen molar-refractivity contribution in [1.82, 2.24) is 4.90 Å². The smallest absolute Gasteiger partial charge is 0.416 e. The van der Waals surface area contributed by atoms with Crippen molar-refractivity contribution in [1.29, 1.82) is 0 Å². The second-order valence-corrected chi connectivity index (χ2v) is 7.99. The first-order valence-corrected chi connectivity index (χ1v) is 10.2. The SMILES string of the molecule is CC1=C(C(=O)OC(C)C)C(c2ccccc2C(F)(F)F)CC(=O)N1Cc1cccc(F)c1F. The van der Waals surface area contributed by atoms with Gasteiger partial charge in [-0.15, -0.1) is 0 Å². The van der Waals surface area contributed by atoms with E-state index in [1.54, 1.807) is 13.8 Å². The number of halogens is 5. The highest BCUT2D eigenvalue weighted by molar-refractivity contribution is 5.96. The van der Waals surface area contributed by atoms with Crippen LogP contribution in [0.5, 0.6) is 0 Å². The number of nitrogens with zero attached hydrogens (tertiary/aromatic N) is 1. The van der Waals surface area contributed by atoms with E-state index in [9.17, 15) is 31.5 Å². The van der Waals surface area contributed by atoms with E-state index >= 15 is 0 Å². The maximum atomic E-state index is 14.2. The van der Waals surface area contributed by atoms with Crippen molar-refractivity contribution in [3.05, 3.63) is 82.1 Å². The minimum atomic E-state index is -4.71. The fraction of sp³-hybridized carbons (Fsp3) is 0.333. The Kier molecular flexibility index (Phi) is 6.90. The normalized spacial score (nSPS) is 17.1. The summed E-state index contributed by atoms with van der Waals surface area (Å²) in [6.07, 6.45) is -5.74. The van der Waals surface area contributed by atoms with Crippen LogP contribution in [0.2, 0.25) is 0 Å². The number of carbonyl (C=O) groups excluding carboxylic acids is 2. The molecule has 0 aromatic heterocycles. The Hall–Kier alpha value is -3.23. The topological polar surface area (TPSA) is 46.6 Å². The lowest BCUT2D eigenvalue weighted by Crippen LogP contribution is -2.39. The standard InChI is InChI=1S/C24H22F5NO3/c1-13(2)33-23(32)21-14(3)30(12-15-7-6-10-19(25)22(15)26)20(31)11-17(21)16-8-4-5-9-18(16)24(27,28)29/h4-10,13,17H,11-12H2,1-3H3. The molecular formula is C24H22F5NO3. The molecule has 0 saturated heterocycles. The van der Waals surface area contributed by atoms with E-state index in [-0.39, 0.29) is 28.9 Å². The van der Waals surface area contributed by atoms with Gasteiger partial charge in [0.1, 0.15) is 0 Å². The molecule has 0 saturated carbocycles. The highest BCUT2D eigenvalue weighted by atomic mass is 19.4. The van der Waals surface area contributed by atoms with Gasteiger partial charge in [-0.2, -0.15) is 13.2 Å². The van der Waals surface area contributed by atoms with Crippen LogP contribution in [0.15, 0.2) is 53.7 Å². The Morgan fingerprint density at radius 1 is 1.12 bits per heavy atom. The zero-order chi connectivity index (χ0) is 24.5. The minimum Gasteiger partial charge on any atom is -0.460 e. The molecule has 1 unspecified atom stereocenters. The van der Waals surface area contributed by atoms with E-state index in [0.29, 0.717) is 0 Å².